The molecule has 0 aliphatic carbocycles. The van der Waals surface area contributed by atoms with E-state index >= 15 is 0 Å². The van der Waals surface area contributed by atoms with Gasteiger partial charge in [0.05, 0.1) is 0 Å². The Kier molecular flexibility index (Phi) is 4.42. The number of aromatic nitrogens is 1. The van der Waals surface area contributed by atoms with Gasteiger partial charge in [0.25, 0.3) is 0 Å². The number of hydrogen-bond acceptors (Lipinski definition) is 4. The Hall–Kier alpha value is -2.18. The van der Waals surface area contributed by atoms with Gasteiger partial charge in [0.15, 0.2) is 0 Å². The van der Waals surface area contributed by atoms with Crippen molar-refractivity contribution in [3.63, 3.8) is 0 Å². The molecule has 7 nitrogen and oxygen atoms in total. The van der Waals surface area contributed by atoms with Crippen LogP contribution in [0.15, 0.2) is 18.3 Å². The van der Waals surface area contributed by atoms with Crippen LogP contribution >= 0.6 is 0 Å². The number of hydrogen-bond donors (Lipinski definition) is 1. The van der Waals surface area contributed by atoms with E-state index in [1.54, 1.807) is 6.07 Å². The molecule has 7 heteroatoms. The van der Waals surface area contributed by atoms with Crippen molar-refractivity contribution in [3.8, 4) is 0 Å². The fourth-order valence-electron chi connectivity index (χ4n) is 1.63. The average molecular weight is 267 g/mol. The van der Waals surface area contributed by atoms with Gasteiger partial charge >= 0.3 is 11.9 Å². The monoisotopic (exact) mass is 267 g/mol. The van der Waals surface area contributed by atoms with Gasteiger partial charge in [-0.3, -0.25) is 0 Å². The highest BCUT2D eigenvalue weighted by Crippen LogP contribution is 2.15. The summed E-state index contributed by atoms with van der Waals surface area (Å²) in [6, 6.07) is 2.91. The lowest BCUT2D eigenvalue weighted by Gasteiger charge is -2.33. The summed E-state index contributed by atoms with van der Waals surface area (Å²) >= 11 is 0. The van der Waals surface area contributed by atoms with Crippen molar-refractivity contribution in [2.75, 3.05) is 6.54 Å². The maximum atomic E-state index is 11.1. The molecule has 104 valence electrons. The van der Waals surface area contributed by atoms with E-state index in [-0.39, 0.29) is 5.82 Å². The van der Waals surface area contributed by atoms with E-state index in [1.165, 1.54) is 17.2 Å². The Balaban J connectivity index is 2.70. The van der Waals surface area contributed by atoms with Gasteiger partial charge in [0, 0.05) is 18.2 Å². The number of carboxylic acid groups (broad SMARTS) is 1. The Labute approximate surface area is 111 Å². The summed E-state index contributed by atoms with van der Waals surface area (Å²) in [5, 5.41) is 19.6. The predicted molar refractivity (Wildman–Crippen MR) is 69.1 cm³/mol. The van der Waals surface area contributed by atoms with E-state index in [1.807, 2.05) is 20.8 Å². The summed E-state index contributed by atoms with van der Waals surface area (Å²) in [6.45, 7) is 5.76. The number of pyridine rings is 1. The van der Waals surface area contributed by atoms with Gasteiger partial charge in [-0.2, -0.15) is 0 Å². The van der Waals surface area contributed by atoms with E-state index in [0.29, 0.717) is 13.0 Å². The molecule has 1 N–H and O–H groups in total. The van der Waals surface area contributed by atoms with Crippen molar-refractivity contribution in [1.82, 2.24) is 9.88 Å². The fourth-order valence-corrected chi connectivity index (χ4v) is 1.63. The summed E-state index contributed by atoms with van der Waals surface area (Å²) in [5.74, 6) is -0.213. The van der Waals surface area contributed by atoms with Gasteiger partial charge in [0.1, 0.15) is 6.20 Å². The molecule has 0 saturated carbocycles. The van der Waals surface area contributed by atoms with E-state index in [4.69, 9.17) is 5.11 Å². The van der Waals surface area contributed by atoms with E-state index in [0.717, 1.165) is 5.56 Å². The van der Waals surface area contributed by atoms with Crippen LogP contribution in [-0.4, -0.2) is 38.1 Å². The van der Waals surface area contributed by atoms with Crippen LogP contribution in [-0.2, 0) is 6.42 Å². The van der Waals surface area contributed by atoms with Crippen molar-refractivity contribution in [2.24, 2.45) is 0 Å². The molecule has 1 amide bonds. The molecule has 0 spiro atoms. The second kappa shape index (κ2) is 5.64. The van der Waals surface area contributed by atoms with Gasteiger partial charge in [-0.25, -0.2) is 4.79 Å². The first kappa shape index (κ1) is 14.9. The third kappa shape index (κ3) is 4.20. The zero-order valence-electron chi connectivity index (χ0n) is 11.2. The first-order valence-corrected chi connectivity index (χ1v) is 5.81. The molecule has 1 aromatic heterocycles. The molecule has 1 aromatic rings. The minimum absolute atomic E-state index is 0.213. The van der Waals surface area contributed by atoms with Crippen molar-refractivity contribution >= 4 is 11.9 Å². The first-order chi connectivity index (χ1) is 8.71. The minimum Gasteiger partial charge on any atom is -0.465 e. The zero-order valence-corrected chi connectivity index (χ0v) is 11.2. The second-order valence-corrected chi connectivity index (χ2v) is 5.14. The standard InChI is InChI=1S/C12H17N3O4/c1-12(2,3)14(11(16)17)7-6-9-4-5-10(13-8-9)15(18)19/h4-5,8H,6-7H2,1-3H3,(H,16,17). The largest absolute Gasteiger partial charge is 0.465 e. The van der Waals surface area contributed by atoms with Crippen molar-refractivity contribution in [3.05, 3.63) is 34.0 Å². The van der Waals surface area contributed by atoms with Crippen LogP contribution in [0, 0.1) is 10.1 Å². The third-order valence-electron chi connectivity index (χ3n) is 2.66. The summed E-state index contributed by atoms with van der Waals surface area (Å²) in [5.41, 5.74) is 0.279. The SMILES string of the molecule is CC(C)(C)N(CCc1ccc([N+](=O)[O-])nc1)C(=O)O. The highest BCUT2D eigenvalue weighted by Gasteiger charge is 2.25. The summed E-state index contributed by atoms with van der Waals surface area (Å²) in [6.07, 6.45) is 0.887. The number of nitro groups is 1. The molecule has 0 atom stereocenters. The van der Waals surface area contributed by atoms with Gasteiger partial charge in [-0.1, -0.05) is 0 Å². The van der Waals surface area contributed by atoms with Crippen LogP contribution in [0.3, 0.4) is 0 Å². The topological polar surface area (TPSA) is 96.6 Å². The molecule has 1 rings (SSSR count). The summed E-state index contributed by atoms with van der Waals surface area (Å²) < 4.78 is 0. The number of amides is 1. The number of carbonyl (C=O) groups is 1. The van der Waals surface area contributed by atoms with Gasteiger partial charge < -0.3 is 20.1 Å². The van der Waals surface area contributed by atoms with Gasteiger partial charge in [-0.05, 0) is 48.7 Å². The number of nitrogens with zero attached hydrogens (tertiary/aromatic N) is 3. The fraction of sp³-hybridized carbons (Fsp3) is 0.500. The molecule has 0 aliphatic rings. The Morgan fingerprint density at radius 1 is 1.47 bits per heavy atom. The maximum Gasteiger partial charge on any atom is 0.407 e. The highest BCUT2D eigenvalue weighted by atomic mass is 16.6. The minimum atomic E-state index is -0.984. The van der Waals surface area contributed by atoms with Crippen molar-refractivity contribution in [2.45, 2.75) is 32.7 Å². The third-order valence-corrected chi connectivity index (χ3v) is 2.66. The Bertz CT molecular complexity index is 465. The highest BCUT2D eigenvalue weighted by molar-refractivity contribution is 5.66. The molecule has 19 heavy (non-hydrogen) atoms. The summed E-state index contributed by atoms with van der Waals surface area (Å²) in [7, 11) is 0. The summed E-state index contributed by atoms with van der Waals surface area (Å²) in [4.78, 5) is 26.0. The molecule has 0 bridgehead atoms. The molecular formula is C12H17N3O4. The van der Waals surface area contributed by atoms with Crippen LogP contribution < -0.4 is 0 Å². The van der Waals surface area contributed by atoms with Crippen molar-refractivity contribution in [1.29, 1.82) is 0 Å². The molecule has 0 fully saturated rings. The first-order valence-electron chi connectivity index (χ1n) is 5.81. The molecule has 0 radical (unpaired) electrons. The van der Waals surface area contributed by atoms with Crippen LogP contribution in [0.1, 0.15) is 26.3 Å². The lowest BCUT2D eigenvalue weighted by molar-refractivity contribution is -0.389. The average Bonchev–Trinajstić information content (AvgIpc) is 2.27. The Morgan fingerprint density at radius 3 is 2.47 bits per heavy atom. The second-order valence-electron chi connectivity index (χ2n) is 5.14. The van der Waals surface area contributed by atoms with Crippen LogP contribution in [0.2, 0.25) is 0 Å². The smallest absolute Gasteiger partial charge is 0.407 e. The number of rotatable bonds is 4. The van der Waals surface area contributed by atoms with E-state index in [9.17, 15) is 14.9 Å². The Morgan fingerprint density at radius 2 is 2.11 bits per heavy atom. The van der Waals surface area contributed by atoms with Crippen LogP contribution in [0.4, 0.5) is 10.6 Å². The molecule has 0 unspecified atom stereocenters. The molecule has 0 aliphatic heterocycles. The van der Waals surface area contributed by atoms with Crippen LogP contribution in [0.25, 0.3) is 0 Å². The lowest BCUT2D eigenvalue weighted by atomic mass is 10.1. The quantitative estimate of drug-likeness (QED) is 0.667. The van der Waals surface area contributed by atoms with Crippen LogP contribution in [0.5, 0.6) is 0 Å². The predicted octanol–water partition coefficient (Wildman–Crippen LogP) is 2.31. The molecule has 0 saturated heterocycles. The van der Waals surface area contributed by atoms with E-state index in [2.05, 4.69) is 4.98 Å². The van der Waals surface area contributed by atoms with Crippen molar-refractivity contribution < 1.29 is 14.8 Å². The van der Waals surface area contributed by atoms with Gasteiger partial charge in [0.2, 0.25) is 0 Å². The molecule has 1 heterocycles. The molecule has 0 aromatic carbocycles. The molecular weight excluding hydrogens is 250 g/mol. The maximum absolute atomic E-state index is 11.1. The zero-order chi connectivity index (χ0) is 14.6. The lowest BCUT2D eigenvalue weighted by Crippen LogP contribution is -2.45. The van der Waals surface area contributed by atoms with E-state index < -0.39 is 16.6 Å². The normalized spacial score (nSPS) is 11.1. The van der Waals surface area contributed by atoms with Gasteiger partial charge in [-0.15, -0.1) is 0 Å².